The molecule has 26 nitrogen and oxygen atoms in total. The zero-order valence-corrected chi connectivity index (χ0v) is 41.7. The van der Waals surface area contributed by atoms with Gasteiger partial charge in [0.15, 0.2) is 0 Å². The summed E-state index contributed by atoms with van der Waals surface area (Å²) in [6, 6.07) is -13.2. The first-order valence-corrected chi connectivity index (χ1v) is 23.5. The molecule has 400 valence electrons. The predicted octanol–water partition coefficient (Wildman–Crippen LogP) is -3.93. The van der Waals surface area contributed by atoms with Gasteiger partial charge in [0, 0.05) is 12.8 Å². The highest BCUT2D eigenvalue weighted by molar-refractivity contribution is 5.98. The lowest BCUT2D eigenvalue weighted by Crippen LogP contribution is -2.62. The van der Waals surface area contributed by atoms with Gasteiger partial charge in [-0.2, -0.15) is 0 Å². The predicted molar refractivity (Wildman–Crippen MR) is 252 cm³/mol. The van der Waals surface area contributed by atoms with E-state index in [1.165, 1.54) is 20.8 Å². The van der Waals surface area contributed by atoms with Gasteiger partial charge in [-0.3, -0.25) is 47.9 Å². The maximum absolute atomic E-state index is 14.0. The Bertz CT molecular complexity index is 1800. The van der Waals surface area contributed by atoms with Crippen LogP contribution in [0.1, 0.15) is 120 Å². The molecule has 0 unspecified atom stereocenters. The van der Waals surface area contributed by atoms with Crippen molar-refractivity contribution in [2.45, 2.75) is 187 Å². The summed E-state index contributed by atoms with van der Waals surface area (Å²) in [5.41, 5.74) is 17.0. The molecule has 9 amide bonds. The highest BCUT2D eigenvalue weighted by Crippen LogP contribution is 2.13. The van der Waals surface area contributed by atoms with E-state index in [-0.39, 0.29) is 31.7 Å². The molecule has 0 aliphatic carbocycles. The van der Waals surface area contributed by atoms with Crippen molar-refractivity contribution >= 4 is 65.1 Å². The third-order valence-corrected chi connectivity index (χ3v) is 11.1. The number of carbonyl (C=O) groups is 11. The van der Waals surface area contributed by atoms with Gasteiger partial charge in [-0.1, -0.05) is 48.0 Å². The SMILES string of the molecule is CC[C@H](C)[C@H](NC(=O)[C@@H](NC(=O)[C@@H](N)CC(C)C)[C@@H](C)O)C(=O)N[C@@H](CCCCN)C(=O)N[C@@H](CCC(N)=O)C(=O)N[C@H](C(=O)N[C@@H](C)C(=O)N[C@@H](CCC(=O)O)C(=O)N[C@H](C(=O)O)C(C)C)[C@@H](C)O. The van der Waals surface area contributed by atoms with Crippen molar-refractivity contribution in [1.29, 1.82) is 0 Å². The van der Waals surface area contributed by atoms with E-state index < -0.39 is 169 Å². The average molecular weight is 1000 g/mol. The van der Waals surface area contributed by atoms with E-state index in [2.05, 4.69) is 42.5 Å². The Balaban J connectivity index is 6.50. The van der Waals surface area contributed by atoms with Crippen molar-refractivity contribution in [1.82, 2.24) is 42.5 Å². The van der Waals surface area contributed by atoms with Crippen LogP contribution in [0.5, 0.6) is 0 Å². The van der Waals surface area contributed by atoms with Gasteiger partial charge in [0.2, 0.25) is 53.2 Å². The molecule has 26 heteroatoms. The molecule has 0 aliphatic heterocycles. The van der Waals surface area contributed by atoms with E-state index in [0.29, 0.717) is 12.8 Å². The number of primary amides is 1. The Kier molecular flexibility index (Phi) is 29.3. The number of rotatable bonds is 34. The number of aliphatic hydroxyl groups is 2. The van der Waals surface area contributed by atoms with Crippen molar-refractivity contribution < 1.29 is 73.2 Å². The van der Waals surface area contributed by atoms with Gasteiger partial charge in [-0.05, 0) is 83.6 Å². The molecule has 0 fully saturated rings. The zero-order valence-electron chi connectivity index (χ0n) is 41.7. The van der Waals surface area contributed by atoms with Gasteiger partial charge in [0.05, 0.1) is 18.2 Å². The maximum Gasteiger partial charge on any atom is 0.326 e. The Hall–Kier alpha value is -5.99. The first-order valence-electron chi connectivity index (χ1n) is 23.5. The summed E-state index contributed by atoms with van der Waals surface area (Å²) in [7, 11) is 0. The average Bonchev–Trinajstić information content (AvgIpc) is 3.26. The first kappa shape index (κ1) is 64.0. The molecule has 0 aromatic rings. The van der Waals surface area contributed by atoms with Crippen LogP contribution < -0.4 is 59.7 Å². The minimum absolute atomic E-state index is 0.0443. The van der Waals surface area contributed by atoms with Crippen molar-refractivity contribution in [3.05, 3.63) is 0 Å². The van der Waals surface area contributed by atoms with Crippen molar-refractivity contribution in [3.63, 3.8) is 0 Å². The maximum atomic E-state index is 14.0. The second-order valence-corrected chi connectivity index (χ2v) is 18.3. The van der Waals surface area contributed by atoms with Crippen molar-refractivity contribution in [2.75, 3.05) is 6.54 Å². The van der Waals surface area contributed by atoms with E-state index in [0.717, 1.165) is 13.8 Å². The second kappa shape index (κ2) is 32.0. The van der Waals surface area contributed by atoms with Gasteiger partial charge in [0.25, 0.3) is 0 Å². The number of unbranched alkanes of at least 4 members (excludes halogenated alkanes) is 1. The first-order chi connectivity index (χ1) is 32.5. The molecule has 0 rings (SSSR count). The highest BCUT2D eigenvalue weighted by Gasteiger charge is 2.37. The highest BCUT2D eigenvalue weighted by atomic mass is 16.4. The smallest absolute Gasteiger partial charge is 0.326 e. The third-order valence-electron chi connectivity index (χ3n) is 11.1. The lowest BCUT2D eigenvalue weighted by atomic mass is 9.96. The molecule has 0 saturated carbocycles. The van der Waals surface area contributed by atoms with Gasteiger partial charge in [-0.15, -0.1) is 0 Å². The Morgan fingerprint density at radius 3 is 1.36 bits per heavy atom. The van der Waals surface area contributed by atoms with Crippen LogP contribution in [0.2, 0.25) is 0 Å². The van der Waals surface area contributed by atoms with Crippen LogP contribution in [-0.2, 0) is 52.7 Å². The van der Waals surface area contributed by atoms with Crippen LogP contribution in [0.15, 0.2) is 0 Å². The molecule has 0 radical (unpaired) electrons. The van der Waals surface area contributed by atoms with Crippen molar-refractivity contribution in [2.24, 2.45) is 35.0 Å². The number of nitrogens with one attached hydrogen (secondary N) is 8. The largest absolute Gasteiger partial charge is 0.481 e. The minimum Gasteiger partial charge on any atom is -0.481 e. The fourth-order valence-electron chi connectivity index (χ4n) is 6.70. The van der Waals surface area contributed by atoms with Gasteiger partial charge in [0.1, 0.15) is 48.3 Å². The molecule has 0 heterocycles. The lowest BCUT2D eigenvalue weighted by molar-refractivity contribution is -0.144. The molecule has 0 aliphatic rings. The van der Waals surface area contributed by atoms with E-state index in [4.69, 9.17) is 17.2 Å². The monoisotopic (exact) mass is 1000 g/mol. The quantitative estimate of drug-likeness (QED) is 0.0274. The van der Waals surface area contributed by atoms with Crippen LogP contribution in [0, 0.1) is 17.8 Å². The molecule has 18 N–H and O–H groups in total. The van der Waals surface area contributed by atoms with E-state index in [1.807, 2.05) is 13.8 Å². The summed E-state index contributed by atoms with van der Waals surface area (Å²) in [4.78, 5) is 143. The van der Waals surface area contributed by atoms with Crippen LogP contribution >= 0.6 is 0 Å². The number of aliphatic hydroxyl groups excluding tert-OH is 2. The van der Waals surface area contributed by atoms with Gasteiger partial charge < -0.3 is 80.2 Å². The van der Waals surface area contributed by atoms with Crippen molar-refractivity contribution in [3.8, 4) is 0 Å². The second-order valence-electron chi connectivity index (χ2n) is 18.3. The molecule has 70 heavy (non-hydrogen) atoms. The van der Waals surface area contributed by atoms with Crippen LogP contribution in [0.3, 0.4) is 0 Å². The van der Waals surface area contributed by atoms with E-state index in [1.54, 1.807) is 13.8 Å². The number of hydrogen-bond acceptors (Lipinski definition) is 15. The summed E-state index contributed by atoms with van der Waals surface area (Å²) < 4.78 is 0. The lowest BCUT2D eigenvalue weighted by Gasteiger charge is -2.30. The molecule has 0 bridgehead atoms. The molecule has 12 atom stereocenters. The molecule has 0 aromatic carbocycles. The minimum atomic E-state index is -1.83. The third kappa shape index (κ3) is 23.5. The molecule has 0 aromatic heterocycles. The Morgan fingerprint density at radius 1 is 0.500 bits per heavy atom. The number of carboxylic acids is 2. The Labute approximate surface area is 408 Å². The summed E-state index contributed by atoms with van der Waals surface area (Å²) in [5.74, 6) is -12.5. The number of aliphatic carboxylic acids is 2. The van der Waals surface area contributed by atoms with Crippen LogP contribution in [0.25, 0.3) is 0 Å². The Morgan fingerprint density at radius 2 is 0.914 bits per heavy atom. The molecular weight excluding hydrogens is 923 g/mol. The standard InChI is InChI=1S/C44H79N11O15/c1-10-22(6)33(53-43(68)35(25(9)57)54-37(62)26(46)19-20(2)3)41(66)51-27(13-11-12-18-45)38(63)50-28(14-16-30(47)58)40(65)55-34(24(8)56)42(67)48-23(7)36(61)49-29(15-17-31(59)60)39(64)52-32(21(4)5)44(69)70/h20-29,32-35,56-57H,10-19,45-46H2,1-9H3,(H2,47,58)(H,48,67)(H,49,61)(H,50,63)(H,51,66)(H,52,64)(H,53,68)(H,54,62)(H,55,65)(H,59,60)(H,69,70)/t22-,23-,24+,25+,26-,27-,28-,29-,32-,33-,34-,35-/m0/s1. The molecule has 0 saturated heterocycles. The summed E-state index contributed by atoms with van der Waals surface area (Å²) in [5, 5.41) is 58.9. The van der Waals surface area contributed by atoms with Crippen LogP contribution in [-0.4, -0.2) is 159 Å². The molecule has 0 spiro atoms. The number of hydrogen-bond donors (Lipinski definition) is 15. The number of nitrogens with two attached hydrogens (primary N) is 3. The van der Waals surface area contributed by atoms with Gasteiger partial charge >= 0.3 is 11.9 Å². The van der Waals surface area contributed by atoms with Crippen LogP contribution in [0.4, 0.5) is 0 Å². The summed E-state index contributed by atoms with van der Waals surface area (Å²) in [6.07, 6.45) is -3.82. The summed E-state index contributed by atoms with van der Waals surface area (Å²) in [6.45, 7) is 13.8. The van der Waals surface area contributed by atoms with E-state index in [9.17, 15) is 73.2 Å². The number of carbonyl (C=O) groups excluding carboxylic acids is 9. The zero-order chi connectivity index (χ0) is 54.2. The number of carboxylic acid groups (broad SMARTS) is 2. The number of amides is 9. The van der Waals surface area contributed by atoms with E-state index >= 15 is 0 Å². The normalized spacial score (nSPS) is 16.4. The summed E-state index contributed by atoms with van der Waals surface area (Å²) >= 11 is 0. The molecular formula is C44H79N11O15. The fourth-order valence-corrected chi connectivity index (χ4v) is 6.70. The van der Waals surface area contributed by atoms with Gasteiger partial charge in [-0.25, -0.2) is 4.79 Å². The topological polar surface area (TPSA) is 443 Å². The fraction of sp³-hybridized carbons (Fsp3) is 0.750.